The van der Waals surface area contributed by atoms with Crippen molar-refractivity contribution in [1.29, 1.82) is 0 Å². The largest absolute Gasteiger partial charge is 0.465 e. The zero-order valence-electron chi connectivity index (χ0n) is 12.0. The second-order valence-electron chi connectivity index (χ2n) is 4.80. The number of nitrogens with zero attached hydrogens (tertiary/aromatic N) is 1. The van der Waals surface area contributed by atoms with Gasteiger partial charge in [0.2, 0.25) is 0 Å². The average molecular weight is 356 g/mol. The highest BCUT2D eigenvalue weighted by Gasteiger charge is 2.16. The number of aromatic nitrogens is 1. The van der Waals surface area contributed by atoms with Crippen molar-refractivity contribution in [1.82, 2.24) is 4.57 Å². The summed E-state index contributed by atoms with van der Waals surface area (Å²) in [6.45, 7) is 0. The van der Waals surface area contributed by atoms with E-state index in [1.54, 1.807) is 6.20 Å². The molecule has 1 aromatic heterocycles. The molecule has 0 bridgehead atoms. The molecule has 0 aliphatic heterocycles. The standard InChI is InChI=1S/C18H14BrNO2/c1-22-18(21)15-12-20(16-10-6-5-9-14(15)16)17(19)11-13-7-3-2-4-8-13/h2-12H,1H3/b17-11-. The predicted molar refractivity (Wildman–Crippen MR) is 92.8 cm³/mol. The Morgan fingerprint density at radius 3 is 2.50 bits per heavy atom. The van der Waals surface area contributed by atoms with Crippen LogP contribution in [-0.2, 0) is 4.74 Å². The Morgan fingerprint density at radius 1 is 1.09 bits per heavy atom. The van der Waals surface area contributed by atoms with Gasteiger partial charge in [0, 0.05) is 11.6 Å². The number of carbonyl (C=O) groups excluding carboxylic acids is 1. The fourth-order valence-corrected chi connectivity index (χ4v) is 2.94. The Kier molecular flexibility index (Phi) is 4.11. The van der Waals surface area contributed by atoms with E-state index in [4.69, 9.17) is 4.74 Å². The van der Waals surface area contributed by atoms with Gasteiger partial charge in [-0.05, 0) is 33.6 Å². The van der Waals surface area contributed by atoms with Crippen LogP contribution in [0.25, 0.3) is 21.6 Å². The first-order valence-electron chi connectivity index (χ1n) is 6.81. The molecule has 0 saturated heterocycles. The lowest BCUT2D eigenvalue weighted by Crippen LogP contribution is -1.99. The number of carbonyl (C=O) groups is 1. The summed E-state index contributed by atoms with van der Waals surface area (Å²) < 4.78 is 7.66. The molecule has 0 amide bonds. The lowest BCUT2D eigenvalue weighted by molar-refractivity contribution is 0.0603. The maximum Gasteiger partial charge on any atom is 0.340 e. The Labute approximate surface area is 137 Å². The number of para-hydroxylation sites is 1. The van der Waals surface area contributed by atoms with Crippen LogP contribution in [0, 0.1) is 0 Å². The van der Waals surface area contributed by atoms with Gasteiger partial charge in [0.05, 0.1) is 22.8 Å². The van der Waals surface area contributed by atoms with Crippen LogP contribution in [-0.4, -0.2) is 17.6 Å². The van der Waals surface area contributed by atoms with Crippen LogP contribution in [0.15, 0.2) is 60.8 Å². The molecule has 0 aliphatic carbocycles. The average Bonchev–Trinajstić information content (AvgIpc) is 2.95. The predicted octanol–water partition coefficient (Wildman–Crippen LogP) is 4.78. The van der Waals surface area contributed by atoms with Gasteiger partial charge < -0.3 is 9.30 Å². The van der Waals surface area contributed by atoms with Gasteiger partial charge in [-0.15, -0.1) is 0 Å². The molecule has 110 valence electrons. The van der Waals surface area contributed by atoms with E-state index in [9.17, 15) is 4.79 Å². The Balaban J connectivity index is 2.15. The van der Waals surface area contributed by atoms with E-state index >= 15 is 0 Å². The van der Waals surface area contributed by atoms with Gasteiger partial charge in [-0.3, -0.25) is 0 Å². The first-order valence-corrected chi connectivity index (χ1v) is 7.61. The smallest absolute Gasteiger partial charge is 0.340 e. The van der Waals surface area contributed by atoms with E-state index < -0.39 is 0 Å². The minimum absolute atomic E-state index is 0.338. The van der Waals surface area contributed by atoms with Gasteiger partial charge in [-0.1, -0.05) is 48.5 Å². The molecule has 0 atom stereocenters. The molecule has 0 unspecified atom stereocenters. The second-order valence-corrected chi connectivity index (χ2v) is 5.61. The number of hydrogen-bond donors (Lipinski definition) is 0. The molecule has 0 aliphatic rings. The van der Waals surface area contributed by atoms with Crippen LogP contribution in [0.4, 0.5) is 0 Å². The summed E-state index contributed by atoms with van der Waals surface area (Å²) in [5.41, 5.74) is 2.57. The maximum atomic E-state index is 12.0. The number of hydrogen-bond acceptors (Lipinski definition) is 2. The Morgan fingerprint density at radius 2 is 1.77 bits per heavy atom. The topological polar surface area (TPSA) is 31.2 Å². The summed E-state index contributed by atoms with van der Waals surface area (Å²) in [5.74, 6) is -0.338. The van der Waals surface area contributed by atoms with Crippen LogP contribution in [0.1, 0.15) is 15.9 Å². The van der Waals surface area contributed by atoms with Crippen molar-refractivity contribution in [3.05, 3.63) is 71.9 Å². The number of fused-ring (bicyclic) bond motifs is 1. The minimum atomic E-state index is -0.338. The van der Waals surface area contributed by atoms with Crippen molar-refractivity contribution in [2.24, 2.45) is 0 Å². The van der Waals surface area contributed by atoms with Gasteiger partial charge in [-0.2, -0.15) is 0 Å². The highest BCUT2D eigenvalue weighted by Crippen LogP contribution is 2.28. The maximum absolute atomic E-state index is 12.0. The van der Waals surface area contributed by atoms with Crippen molar-refractivity contribution in [3.63, 3.8) is 0 Å². The number of methoxy groups -OCH3 is 1. The van der Waals surface area contributed by atoms with Crippen molar-refractivity contribution >= 4 is 43.5 Å². The number of benzene rings is 2. The molecule has 22 heavy (non-hydrogen) atoms. The van der Waals surface area contributed by atoms with E-state index in [-0.39, 0.29) is 5.97 Å². The molecule has 4 heteroatoms. The van der Waals surface area contributed by atoms with Gasteiger partial charge in [0.25, 0.3) is 0 Å². The molecule has 0 N–H and O–H groups in total. The summed E-state index contributed by atoms with van der Waals surface area (Å²) >= 11 is 3.60. The van der Waals surface area contributed by atoms with Crippen molar-refractivity contribution in [3.8, 4) is 0 Å². The Bertz CT molecular complexity index is 850. The van der Waals surface area contributed by atoms with E-state index in [1.807, 2.05) is 65.2 Å². The molecule has 3 rings (SSSR count). The van der Waals surface area contributed by atoms with Crippen molar-refractivity contribution in [2.45, 2.75) is 0 Å². The van der Waals surface area contributed by atoms with Crippen LogP contribution in [0.3, 0.4) is 0 Å². The lowest BCUT2D eigenvalue weighted by atomic mass is 10.2. The molecule has 0 radical (unpaired) electrons. The number of halogens is 1. The third-order valence-corrected chi connectivity index (χ3v) is 4.04. The number of rotatable bonds is 3. The SMILES string of the molecule is COC(=O)c1cn(/C(Br)=C\c2ccccc2)c2ccccc12. The summed E-state index contributed by atoms with van der Waals surface area (Å²) in [6.07, 6.45) is 3.80. The molecule has 1 heterocycles. The normalized spacial score (nSPS) is 11.6. The van der Waals surface area contributed by atoms with Crippen LogP contribution < -0.4 is 0 Å². The van der Waals surface area contributed by atoms with Crippen LogP contribution >= 0.6 is 15.9 Å². The van der Waals surface area contributed by atoms with E-state index in [1.165, 1.54) is 7.11 Å². The molecular weight excluding hydrogens is 342 g/mol. The zero-order valence-corrected chi connectivity index (χ0v) is 13.6. The molecular formula is C18H14BrNO2. The van der Waals surface area contributed by atoms with Gasteiger partial charge >= 0.3 is 5.97 Å². The van der Waals surface area contributed by atoms with Gasteiger partial charge in [-0.25, -0.2) is 4.79 Å². The third-order valence-electron chi connectivity index (χ3n) is 3.43. The molecule has 3 nitrogen and oxygen atoms in total. The van der Waals surface area contributed by atoms with E-state index in [2.05, 4.69) is 15.9 Å². The molecule has 0 spiro atoms. The molecule has 0 fully saturated rings. The first-order chi connectivity index (χ1) is 10.7. The molecule has 0 saturated carbocycles. The van der Waals surface area contributed by atoms with E-state index in [0.29, 0.717) is 5.56 Å². The zero-order chi connectivity index (χ0) is 15.5. The number of esters is 1. The summed E-state index contributed by atoms with van der Waals surface area (Å²) in [5, 5.41) is 0.868. The number of ether oxygens (including phenoxy) is 1. The highest BCUT2D eigenvalue weighted by molar-refractivity contribution is 9.15. The first kappa shape index (κ1) is 14.6. The lowest BCUT2D eigenvalue weighted by Gasteiger charge is -2.04. The van der Waals surface area contributed by atoms with Gasteiger partial charge in [0.1, 0.15) is 0 Å². The Hall–Kier alpha value is -2.33. The molecule has 3 aromatic rings. The summed E-state index contributed by atoms with van der Waals surface area (Å²) in [6, 6.07) is 17.7. The van der Waals surface area contributed by atoms with Crippen LogP contribution in [0.5, 0.6) is 0 Å². The van der Waals surface area contributed by atoms with E-state index in [0.717, 1.165) is 21.1 Å². The monoisotopic (exact) mass is 355 g/mol. The minimum Gasteiger partial charge on any atom is -0.465 e. The van der Waals surface area contributed by atoms with Crippen molar-refractivity contribution in [2.75, 3.05) is 7.11 Å². The van der Waals surface area contributed by atoms with Crippen molar-refractivity contribution < 1.29 is 9.53 Å². The quantitative estimate of drug-likeness (QED) is 0.633. The molecule has 2 aromatic carbocycles. The summed E-state index contributed by atoms with van der Waals surface area (Å²) in [4.78, 5) is 12.0. The fourth-order valence-electron chi connectivity index (χ4n) is 2.39. The van der Waals surface area contributed by atoms with Gasteiger partial charge in [0.15, 0.2) is 0 Å². The third kappa shape index (κ3) is 2.70. The van der Waals surface area contributed by atoms with Crippen LogP contribution in [0.2, 0.25) is 0 Å². The summed E-state index contributed by atoms with van der Waals surface area (Å²) in [7, 11) is 1.39. The fraction of sp³-hybridized carbons (Fsp3) is 0.0556. The highest BCUT2D eigenvalue weighted by atomic mass is 79.9. The second kappa shape index (κ2) is 6.20.